The second-order valence-electron chi connectivity index (χ2n) is 2.73. The third kappa shape index (κ3) is 1.26. The lowest BCUT2D eigenvalue weighted by molar-refractivity contribution is 0.0685. The van der Waals surface area contributed by atoms with Crippen LogP contribution in [-0.4, -0.2) is 26.0 Å². The molecule has 0 aromatic carbocycles. The minimum Gasteiger partial charge on any atom is -0.477 e. The second kappa shape index (κ2) is 2.99. The molecule has 14 heavy (non-hydrogen) atoms. The molecule has 2 aromatic rings. The lowest BCUT2D eigenvalue weighted by Crippen LogP contribution is -2.04. The first-order valence-corrected chi connectivity index (χ1v) is 3.86. The number of carboxylic acids is 1. The summed E-state index contributed by atoms with van der Waals surface area (Å²) in [6, 6.07) is 3.06. The Balaban J connectivity index is 2.48. The van der Waals surface area contributed by atoms with E-state index in [1.54, 1.807) is 13.1 Å². The molecule has 0 aliphatic rings. The maximum absolute atomic E-state index is 10.7. The Bertz CT molecular complexity index is 458. The molecule has 1 N–H and O–H groups in total. The van der Waals surface area contributed by atoms with Crippen molar-refractivity contribution in [3.8, 4) is 11.4 Å². The average Bonchev–Trinajstić information content (AvgIpc) is 2.70. The highest BCUT2D eigenvalue weighted by Crippen LogP contribution is 2.16. The van der Waals surface area contributed by atoms with Crippen molar-refractivity contribution in [2.24, 2.45) is 7.05 Å². The van der Waals surface area contributed by atoms with Crippen LogP contribution in [0.5, 0.6) is 0 Å². The standard InChI is InChI=1S/C8H7N3O3/c1-11-7(8(12)13)4-6(9-11)5-2-3-14-10-5/h2-4H,1H3,(H,12,13). The van der Waals surface area contributed by atoms with Gasteiger partial charge >= 0.3 is 5.97 Å². The van der Waals surface area contributed by atoms with Crippen LogP contribution >= 0.6 is 0 Å². The molecule has 0 amide bonds. The number of hydrogen-bond donors (Lipinski definition) is 1. The predicted molar refractivity (Wildman–Crippen MR) is 45.7 cm³/mol. The molecule has 2 heterocycles. The first-order valence-electron chi connectivity index (χ1n) is 3.86. The zero-order chi connectivity index (χ0) is 10.1. The van der Waals surface area contributed by atoms with E-state index in [1.807, 2.05) is 0 Å². The lowest BCUT2D eigenvalue weighted by Gasteiger charge is -1.91. The summed E-state index contributed by atoms with van der Waals surface area (Å²) in [5, 5.41) is 16.4. The summed E-state index contributed by atoms with van der Waals surface area (Å²) >= 11 is 0. The van der Waals surface area contributed by atoms with Gasteiger partial charge in [-0.05, 0) is 0 Å². The van der Waals surface area contributed by atoms with E-state index in [0.717, 1.165) is 0 Å². The zero-order valence-corrected chi connectivity index (χ0v) is 7.34. The number of nitrogens with zero attached hydrogens (tertiary/aromatic N) is 3. The molecule has 0 unspecified atom stereocenters. The average molecular weight is 193 g/mol. The minimum absolute atomic E-state index is 0.114. The molecule has 72 valence electrons. The molecule has 0 saturated heterocycles. The molecule has 0 spiro atoms. The molecule has 2 aromatic heterocycles. The molecule has 0 atom stereocenters. The van der Waals surface area contributed by atoms with Gasteiger partial charge in [0, 0.05) is 19.2 Å². The van der Waals surface area contributed by atoms with E-state index in [0.29, 0.717) is 11.4 Å². The fraction of sp³-hybridized carbons (Fsp3) is 0.125. The van der Waals surface area contributed by atoms with E-state index in [-0.39, 0.29) is 5.69 Å². The summed E-state index contributed by atoms with van der Waals surface area (Å²) < 4.78 is 5.92. The highest BCUT2D eigenvalue weighted by Gasteiger charge is 2.13. The van der Waals surface area contributed by atoms with Gasteiger partial charge in [0.05, 0.1) is 0 Å². The quantitative estimate of drug-likeness (QED) is 0.761. The molecule has 0 radical (unpaired) electrons. The second-order valence-corrected chi connectivity index (χ2v) is 2.73. The van der Waals surface area contributed by atoms with E-state index in [1.165, 1.54) is 17.0 Å². The fourth-order valence-electron chi connectivity index (χ4n) is 1.14. The van der Waals surface area contributed by atoms with E-state index in [4.69, 9.17) is 5.11 Å². The topological polar surface area (TPSA) is 81.2 Å². The molecular weight excluding hydrogens is 186 g/mol. The van der Waals surface area contributed by atoms with E-state index in [2.05, 4.69) is 14.8 Å². The minimum atomic E-state index is -1.02. The van der Waals surface area contributed by atoms with Crippen LogP contribution in [-0.2, 0) is 7.05 Å². The van der Waals surface area contributed by atoms with Gasteiger partial charge in [-0.2, -0.15) is 5.10 Å². The Morgan fingerprint density at radius 2 is 2.36 bits per heavy atom. The van der Waals surface area contributed by atoms with Crippen LogP contribution < -0.4 is 0 Å². The predicted octanol–water partition coefficient (Wildman–Crippen LogP) is 0.773. The number of rotatable bonds is 2. The molecule has 2 rings (SSSR count). The maximum atomic E-state index is 10.7. The summed E-state index contributed by atoms with van der Waals surface area (Å²) in [4.78, 5) is 10.7. The first kappa shape index (κ1) is 8.49. The fourth-order valence-corrected chi connectivity index (χ4v) is 1.14. The van der Waals surface area contributed by atoms with Gasteiger partial charge in [-0.25, -0.2) is 4.79 Å². The van der Waals surface area contributed by atoms with Crippen molar-refractivity contribution in [3.05, 3.63) is 24.1 Å². The van der Waals surface area contributed by atoms with Crippen LogP contribution in [0.15, 0.2) is 22.9 Å². The van der Waals surface area contributed by atoms with Crippen LogP contribution in [0, 0.1) is 0 Å². The number of carbonyl (C=O) groups is 1. The van der Waals surface area contributed by atoms with Crippen molar-refractivity contribution >= 4 is 5.97 Å². The summed E-state index contributed by atoms with van der Waals surface area (Å²) in [7, 11) is 1.56. The number of aromatic nitrogens is 3. The van der Waals surface area contributed by atoms with E-state index < -0.39 is 5.97 Å². The zero-order valence-electron chi connectivity index (χ0n) is 7.34. The Morgan fingerprint density at radius 3 is 2.86 bits per heavy atom. The molecule has 0 saturated carbocycles. The van der Waals surface area contributed by atoms with Crippen molar-refractivity contribution in [1.82, 2.24) is 14.9 Å². The van der Waals surface area contributed by atoms with Gasteiger partial charge in [-0.15, -0.1) is 0 Å². The van der Waals surface area contributed by atoms with Gasteiger partial charge in [-0.3, -0.25) is 4.68 Å². The van der Waals surface area contributed by atoms with Gasteiger partial charge in [0.25, 0.3) is 0 Å². The Hall–Kier alpha value is -2.11. The van der Waals surface area contributed by atoms with Crippen molar-refractivity contribution in [1.29, 1.82) is 0 Å². The van der Waals surface area contributed by atoms with Crippen molar-refractivity contribution in [3.63, 3.8) is 0 Å². The molecule has 0 bridgehead atoms. The Labute approximate surface area is 78.7 Å². The monoisotopic (exact) mass is 193 g/mol. The van der Waals surface area contributed by atoms with Gasteiger partial charge in [0.1, 0.15) is 23.3 Å². The van der Waals surface area contributed by atoms with Gasteiger partial charge < -0.3 is 9.63 Å². The summed E-state index contributed by atoms with van der Waals surface area (Å²) in [5.74, 6) is -1.02. The summed E-state index contributed by atoms with van der Waals surface area (Å²) in [6.07, 6.45) is 1.41. The highest BCUT2D eigenvalue weighted by molar-refractivity contribution is 5.87. The van der Waals surface area contributed by atoms with Gasteiger partial charge in [0.15, 0.2) is 0 Å². The third-order valence-electron chi connectivity index (χ3n) is 1.80. The van der Waals surface area contributed by atoms with Gasteiger partial charge in [-0.1, -0.05) is 5.16 Å². The van der Waals surface area contributed by atoms with Gasteiger partial charge in [0.2, 0.25) is 0 Å². The number of aryl methyl sites for hydroxylation is 1. The van der Waals surface area contributed by atoms with Crippen LogP contribution in [0.3, 0.4) is 0 Å². The number of aromatic carboxylic acids is 1. The number of hydrogen-bond acceptors (Lipinski definition) is 4. The van der Waals surface area contributed by atoms with Crippen molar-refractivity contribution < 1.29 is 14.4 Å². The molecular formula is C8H7N3O3. The van der Waals surface area contributed by atoms with E-state index >= 15 is 0 Å². The molecule has 0 fully saturated rings. The molecule has 6 nitrogen and oxygen atoms in total. The smallest absolute Gasteiger partial charge is 0.354 e. The van der Waals surface area contributed by atoms with Crippen LogP contribution in [0.4, 0.5) is 0 Å². The molecule has 0 aliphatic heterocycles. The normalized spacial score (nSPS) is 10.4. The van der Waals surface area contributed by atoms with Crippen LogP contribution in [0.1, 0.15) is 10.5 Å². The lowest BCUT2D eigenvalue weighted by atomic mass is 10.3. The van der Waals surface area contributed by atoms with Crippen molar-refractivity contribution in [2.45, 2.75) is 0 Å². The van der Waals surface area contributed by atoms with Crippen LogP contribution in [0.2, 0.25) is 0 Å². The Kier molecular flexibility index (Phi) is 1.81. The molecule has 6 heteroatoms. The SMILES string of the molecule is Cn1nc(-c2ccon2)cc1C(=O)O. The summed E-state index contributed by atoms with van der Waals surface area (Å²) in [6.45, 7) is 0. The highest BCUT2D eigenvalue weighted by atomic mass is 16.5. The largest absolute Gasteiger partial charge is 0.477 e. The Morgan fingerprint density at radius 1 is 1.57 bits per heavy atom. The van der Waals surface area contributed by atoms with Crippen molar-refractivity contribution in [2.75, 3.05) is 0 Å². The van der Waals surface area contributed by atoms with E-state index in [9.17, 15) is 4.79 Å². The summed E-state index contributed by atoms with van der Waals surface area (Å²) in [5.41, 5.74) is 1.12. The van der Waals surface area contributed by atoms with Crippen LogP contribution in [0.25, 0.3) is 11.4 Å². The molecule has 0 aliphatic carbocycles. The maximum Gasteiger partial charge on any atom is 0.354 e. The third-order valence-corrected chi connectivity index (χ3v) is 1.80. The first-order chi connectivity index (χ1) is 6.68. The number of carboxylic acid groups (broad SMARTS) is 1.